The number of anilines is 1. The van der Waals surface area contributed by atoms with E-state index < -0.39 is 0 Å². The highest BCUT2D eigenvalue weighted by Crippen LogP contribution is 2.31. The molecule has 0 radical (unpaired) electrons. The normalized spacial score (nSPS) is 21.7. The first-order valence-electron chi connectivity index (χ1n) is 7.87. The quantitative estimate of drug-likeness (QED) is 0.944. The minimum Gasteiger partial charge on any atom is -0.497 e. The molecule has 0 amide bonds. The average Bonchev–Trinajstić information content (AvgIpc) is 2.54. The molecule has 1 aliphatic rings. The predicted octanol–water partition coefficient (Wildman–Crippen LogP) is 3.32. The third-order valence-corrected chi connectivity index (χ3v) is 4.41. The van der Waals surface area contributed by atoms with E-state index in [0.29, 0.717) is 5.92 Å². The average molecular weight is 296 g/mol. The number of ether oxygens (including phenoxy) is 1. The molecule has 0 aromatic heterocycles. The molecule has 3 rings (SSSR count). The number of benzene rings is 2. The summed E-state index contributed by atoms with van der Waals surface area (Å²) < 4.78 is 5.35. The summed E-state index contributed by atoms with van der Waals surface area (Å²) in [5.41, 5.74) is 10.2. The Morgan fingerprint density at radius 3 is 2.68 bits per heavy atom. The first kappa shape index (κ1) is 14.9. The Bertz CT molecular complexity index is 641. The van der Waals surface area contributed by atoms with E-state index >= 15 is 0 Å². The van der Waals surface area contributed by atoms with Gasteiger partial charge in [-0.2, -0.15) is 0 Å². The van der Waals surface area contributed by atoms with Gasteiger partial charge >= 0.3 is 0 Å². The highest BCUT2D eigenvalue weighted by Gasteiger charge is 2.26. The minimum atomic E-state index is 0.200. The Morgan fingerprint density at radius 1 is 1.09 bits per heavy atom. The van der Waals surface area contributed by atoms with Crippen molar-refractivity contribution in [3.63, 3.8) is 0 Å². The fraction of sp³-hybridized carbons (Fsp3) is 0.368. The number of rotatable bonds is 3. The van der Waals surface area contributed by atoms with E-state index in [4.69, 9.17) is 10.5 Å². The van der Waals surface area contributed by atoms with Crippen LogP contribution in [0.5, 0.6) is 5.75 Å². The molecule has 2 aromatic rings. The van der Waals surface area contributed by atoms with Gasteiger partial charge in [-0.15, -0.1) is 0 Å². The SMILES string of the molecule is COc1cccc(C2CC(N)CN(c3cccc(C)c3)C2)c1. The number of aryl methyl sites for hydroxylation is 1. The van der Waals surface area contributed by atoms with Crippen molar-refractivity contribution in [2.45, 2.75) is 25.3 Å². The van der Waals surface area contributed by atoms with Gasteiger partial charge in [0.05, 0.1) is 7.11 Å². The molecule has 0 aliphatic carbocycles. The molecule has 1 heterocycles. The van der Waals surface area contributed by atoms with Gasteiger partial charge in [0.1, 0.15) is 5.75 Å². The maximum atomic E-state index is 6.33. The van der Waals surface area contributed by atoms with E-state index in [0.717, 1.165) is 25.3 Å². The first-order chi connectivity index (χ1) is 10.7. The van der Waals surface area contributed by atoms with Crippen LogP contribution in [0.15, 0.2) is 48.5 Å². The summed E-state index contributed by atoms with van der Waals surface area (Å²) in [5, 5.41) is 0. The minimum absolute atomic E-state index is 0.200. The molecular formula is C19H24N2O. The lowest BCUT2D eigenvalue weighted by molar-refractivity contribution is 0.411. The molecule has 2 unspecified atom stereocenters. The maximum absolute atomic E-state index is 6.33. The zero-order chi connectivity index (χ0) is 15.5. The molecule has 1 fully saturated rings. The molecule has 22 heavy (non-hydrogen) atoms. The Morgan fingerprint density at radius 2 is 1.91 bits per heavy atom. The van der Waals surface area contributed by atoms with Crippen molar-refractivity contribution in [2.24, 2.45) is 5.73 Å². The van der Waals surface area contributed by atoms with Crippen molar-refractivity contribution in [2.75, 3.05) is 25.1 Å². The van der Waals surface area contributed by atoms with Crippen LogP contribution in [0.3, 0.4) is 0 Å². The number of hydrogen-bond donors (Lipinski definition) is 1. The third kappa shape index (κ3) is 3.25. The fourth-order valence-corrected chi connectivity index (χ4v) is 3.31. The number of nitrogens with two attached hydrogens (primary N) is 1. The number of methoxy groups -OCH3 is 1. The van der Waals surface area contributed by atoms with Crippen LogP contribution in [-0.2, 0) is 0 Å². The summed E-state index contributed by atoms with van der Waals surface area (Å²) in [6.45, 7) is 4.06. The van der Waals surface area contributed by atoms with Gasteiger partial charge in [0.25, 0.3) is 0 Å². The zero-order valence-electron chi connectivity index (χ0n) is 13.3. The van der Waals surface area contributed by atoms with Crippen LogP contribution in [0.4, 0.5) is 5.69 Å². The van der Waals surface area contributed by atoms with E-state index in [1.807, 2.05) is 6.07 Å². The molecule has 0 bridgehead atoms. The maximum Gasteiger partial charge on any atom is 0.119 e. The smallest absolute Gasteiger partial charge is 0.119 e. The van der Waals surface area contributed by atoms with E-state index in [-0.39, 0.29) is 6.04 Å². The molecular weight excluding hydrogens is 272 g/mol. The summed E-state index contributed by atoms with van der Waals surface area (Å²) in [5.74, 6) is 1.36. The molecule has 1 aliphatic heterocycles. The highest BCUT2D eigenvalue weighted by molar-refractivity contribution is 5.50. The molecule has 2 N–H and O–H groups in total. The lowest BCUT2D eigenvalue weighted by atomic mass is 9.88. The lowest BCUT2D eigenvalue weighted by Gasteiger charge is -2.38. The van der Waals surface area contributed by atoms with Crippen molar-refractivity contribution in [1.29, 1.82) is 0 Å². The lowest BCUT2D eigenvalue weighted by Crippen LogP contribution is -2.46. The zero-order valence-corrected chi connectivity index (χ0v) is 13.3. The standard InChI is InChI=1S/C19H24N2O/c1-14-5-3-7-18(9-14)21-12-16(10-17(20)13-21)15-6-4-8-19(11-15)22-2/h3-9,11,16-17H,10,12-13,20H2,1-2H3. The summed E-state index contributed by atoms with van der Waals surface area (Å²) in [7, 11) is 1.71. The Kier molecular flexibility index (Phi) is 4.34. The predicted molar refractivity (Wildman–Crippen MR) is 91.7 cm³/mol. The van der Waals surface area contributed by atoms with Gasteiger partial charge in [0.2, 0.25) is 0 Å². The summed E-state index contributed by atoms with van der Waals surface area (Å²) >= 11 is 0. The number of piperidine rings is 1. The Labute approximate surface area is 132 Å². The molecule has 1 saturated heterocycles. The van der Waals surface area contributed by atoms with Gasteiger partial charge in [-0.1, -0.05) is 24.3 Å². The van der Waals surface area contributed by atoms with Gasteiger partial charge in [0.15, 0.2) is 0 Å². The molecule has 116 valence electrons. The fourth-order valence-electron chi connectivity index (χ4n) is 3.31. The first-order valence-corrected chi connectivity index (χ1v) is 7.87. The molecule has 3 nitrogen and oxygen atoms in total. The number of nitrogens with zero attached hydrogens (tertiary/aromatic N) is 1. The highest BCUT2D eigenvalue weighted by atomic mass is 16.5. The molecule has 2 atom stereocenters. The second kappa shape index (κ2) is 6.41. The van der Waals surface area contributed by atoms with Crippen molar-refractivity contribution in [3.8, 4) is 5.75 Å². The van der Waals surface area contributed by atoms with Crippen LogP contribution < -0.4 is 15.4 Å². The van der Waals surface area contributed by atoms with Gasteiger partial charge < -0.3 is 15.4 Å². The third-order valence-electron chi connectivity index (χ3n) is 4.41. The van der Waals surface area contributed by atoms with Crippen LogP contribution in [-0.4, -0.2) is 26.2 Å². The molecule has 3 heteroatoms. The van der Waals surface area contributed by atoms with Gasteiger partial charge in [-0.05, 0) is 48.7 Å². The topological polar surface area (TPSA) is 38.5 Å². The van der Waals surface area contributed by atoms with Crippen molar-refractivity contribution in [3.05, 3.63) is 59.7 Å². The molecule has 0 spiro atoms. The largest absolute Gasteiger partial charge is 0.497 e. The number of hydrogen-bond acceptors (Lipinski definition) is 3. The Balaban J connectivity index is 1.84. The molecule has 0 saturated carbocycles. The van der Waals surface area contributed by atoms with Crippen molar-refractivity contribution in [1.82, 2.24) is 0 Å². The van der Waals surface area contributed by atoms with Crippen LogP contribution in [0, 0.1) is 6.92 Å². The van der Waals surface area contributed by atoms with E-state index in [9.17, 15) is 0 Å². The van der Waals surface area contributed by atoms with Crippen LogP contribution >= 0.6 is 0 Å². The molecule has 2 aromatic carbocycles. The van der Waals surface area contributed by atoms with Gasteiger partial charge in [0, 0.05) is 30.7 Å². The van der Waals surface area contributed by atoms with Crippen LogP contribution in [0.25, 0.3) is 0 Å². The summed E-state index contributed by atoms with van der Waals surface area (Å²) in [4.78, 5) is 2.41. The van der Waals surface area contributed by atoms with E-state index in [1.165, 1.54) is 16.8 Å². The second-order valence-electron chi connectivity index (χ2n) is 6.21. The second-order valence-corrected chi connectivity index (χ2v) is 6.21. The van der Waals surface area contributed by atoms with Crippen molar-refractivity contribution >= 4 is 5.69 Å². The monoisotopic (exact) mass is 296 g/mol. The van der Waals surface area contributed by atoms with E-state index in [1.54, 1.807) is 7.11 Å². The van der Waals surface area contributed by atoms with Gasteiger partial charge in [-0.3, -0.25) is 0 Å². The van der Waals surface area contributed by atoms with E-state index in [2.05, 4.69) is 54.3 Å². The summed E-state index contributed by atoms with van der Waals surface area (Å²) in [6.07, 6.45) is 1.02. The Hall–Kier alpha value is -2.00. The van der Waals surface area contributed by atoms with Crippen molar-refractivity contribution < 1.29 is 4.74 Å². The summed E-state index contributed by atoms with van der Waals surface area (Å²) in [6, 6.07) is 17.2. The van der Waals surface area contributed by atoms with Crippen LogP contribution in [0.2, 0.25) is 0 Å². The van der Waals surface area contributed by atoms with Gasteiger partial charge in [-0.25, -0.2) is 0 Å². The van der Waals surface area contributed by atoms with Crippen LogP contribution in [0.1, 0.15) is 23.5 Å².